The zero-order valence-electron chi connectivity index (χ0n) is 23.6. The Bertz CT molecular complexity index is 1320. The molecule has 0 fully saturated rings. The molecule has 5 N–H and O–H groups in total. The number of H-pyrrole nitrogens is 1. The average Bonchev–Trinajstić information content (AvgIpc) is 3.36. The second-order valence-electron chi connectivity index (χ2n) is 9.50. The van der Waals surface area contributed by atoms with Crippen LogP contribution in [0.1, 0.15) is 53.1 Å². The lowest BCUT2D eigenvalue weighted by atomic mass is 10.0. The van der Waals surface area contributed by atoms with Crippen molar-refractivity contribution in [2.24, 2.45) is 5.73 Å². The van der Waals surface area contributed by atoms with E-state index in [1.807, 2.05) is 0 Å². The Labute approximate surface area is 235 Å². The van der Waals surface area contributed by atoms with Crippen molar-refractivity contribution in [1.82, 2.24) is 20.5 Å². The van der Waals surface area contributed by atoms with Crippen LogP contribution in [-0.2, 0) is 9.59 Å². The number of aromatic nitrogens is 1. The van der Waals surface area contributed by atoms with Gasteiger partial charge in [-0.2, -0.15) is 0 Å². The maximum atomic E-state index is 14.3. The topological polar surface area (TPSA) is 141 Å². The van der Waals surface area contributed by atoms with Gasteiger partial charge < -0.3 is 26.3 Å². The number of aromatic amines is 1. The molecule has 40 heavy (non-hydrogen) atoms. The first-order chi connectivity index (χ1) is 19.1. The second-order valence-corrected chi connectivity index (χ2v) is 10.5. The van der Waals surface area contributed by atoms with Crippen LogP contribution in [0.2, 0.25) is 0 Å². The Morgan fingerprint density at radius 3 is 2.55 bits per heavy atom. The Balaban J connectivity index is 1.93. The maximum absolute atomic E-state index is 14.3. The van der Waals surface area contributed by atoms with Crippen molar-refractivity contribution in [3.8, 4) is 0 Å². The number of benzene rings is 1. The molecule has 2 heterocycles. The lowest BCUT2D eigenvalue weighted by Crippen LogP contribution is -2.49. The van der Waals surface area contributed by atoms with E-state index in [1.54, 1.807) is 20.5 Å². The van der Waals surface area contributed by atoms with E-state index in [9.17, 15) is 23.6 Å². The number of aryl methyl sites for hydroxylation is 1. The molecule has 4 amide bonds. The Kier molecular flexibility index (Phi) is 10.7. The summed E-state index contributed by atoms with van der Waals surface area (Å²) in [4.78, 5) is 58.4. The number of fused-ring (bicyclic) bond motifs is 1. The highest BCUT2D eigenvalue weighted by Crippen LogP contribution is 2.39. The van der Waals surface area contributed by atoms with Crippen molar-refractivity contribution >= 4 is 49.3 Å². The van der Waals surface area contributed by atoms with Crippen molar-refractivity contribution in [1.29, 1.82) is 0 Å². The van der Waals surface area contributed by atoms with E-state index >= 15 is 0 Å². The van der Waals surface area contributed by atoms with Crippen LogP contribution in [0.5, 0.6) is 0 Å². The van der Waals surface area contributed by atoms with Gasteiger partial charge in [-0.25, -0.2) is 14.1 Å². The molecule has 1 aromatic carbocycles. The second kappa shape index (κ2) is 13.8. The Morgan fingerprint density at radius 2 is 1.93 bits per heavy atom. The van der Waals surface area contributed by atoms with Gasteiger partial charge in [0.25, 0.3) is 11.8 Å². The van der Waals surface area contributed by atoms with E-state index in [0.29, 0.717) is 29.1 Å². The standard InChI is InChI=1S/C28H38FN6O4P/c1-6-34(7-2)13-12-31-25(36)24-16(3)22(32-17(24)4)15-20-19-14-18(29)8-9-23(19)35(26(20)37)28(39)33-21(10-11-30)27(38)40-5/h8-9,14-15,21,32,40H,6-7,10-13,30H2,1-5H3,(H,31,36)(H,33,39)/b20-15-/t21-/m0/s1. The molecule has 10 nitrogen and oxygen atoms in total. The number of rotatable bonds is 12. The number of halogens is 1. The number of urea groups is 1. The van der Waals surface area contributed by atoms with Gasteiger partial charge in [0, 0.05) is 30.0 Å². The van der Waals surface area contributed by atoms with E-state index < -0.39 is 23.8 Å². The molecule has 216 valence electrons. The number of imide groups is 1. The van der Waals surface area contributed by atoms with Crippen molar-refractivity contribution in [2.45, 2.75) is 40.2 Å². The molecule has 1 aliphatic rings. The van der Waals surface area contributed by atoms with E-state index in [4.69, 9.17) is 5.73 Å². The summed E-state index contributed by atoms with van der Waals surface area (Å²) in [6, 6.07) is 2.08. The summed E-state index contributed by atoms with van der Waals surface area (Å²) in [5.74, 6) is -1.48. The Morgan fingerprint density at radius 1 is 1.23 bits per heavy atom. The van der Waals surface area contributed by atoms with Gasteiger partial charge in [0.2, 0.25) is 0 Å². The highest BCUT2D eigenvalue weighted by Gasteiger charge is 2.38. The SMILES string of the molecule is CCN(CC)CCNC(=O)c1c(C)[nH]c(/C=C2\C(=O)N(C(=O)N[C@@H](CCN)C(=O)PC)c3ccc(F)cc32)c1C. The fourth-order valence-electron chi connectivity index (χ4n) is 4.79. The third kappa shape index (κ3) is 6.66. The van der Waals surface area contributed by atoms with E-state index in [0.717, 1.165) is 30.6 Å². The zero-order valence-corrected chi connectivity index (χ0v) is 24.6. The smallest absolute Gasteiger partial charge is 0.329 e. The van der Waals surface area contributed by atoms with Crippen molar-refractivity contribution in [2.75, 3.05) is 44.3 Å². The van der Waals surface area contributed by atoms with Crippen molar-refractivity contribution < 1.29 is 23.6 Å². The summed E-state index contributed by atoms with van der Waals surface area (Å²) in [6.07, 6.45) is 1.76. The van der Waals surface area contributed by atoms with Gasteiger partial charge in [-0.15, -0.1) is 0 Å². The van der Waals surface area contributed by atoms with Crippen LogP contribution >= 0.6 is 8.58 Å². The minimum Gasteiger partial charge on any atom is -0.358 e. The molecule has 3 rings (SSSR count). The molecule has 0 aliphatic carbocycles. The van der Waals surface area contributed by atoms with Gasteiger partial charge in [0.15, 0.2) is 5.52 Å². The quantitative estimate of drug-likeness (QED) is 0.228. The molecule has 0 bridgehead atoms. The molecular formula is C28H38FN6O4P. The molecule has 0 saturated heterocycles. The maximum Gasteiger partial charge on any atom is 0.329 e. The van der Waals surface area contributed by atoms with Crippen LogP contribution in [0.3, 0.4) is 0 Å². The van der Waals surface area contributed by atoms with Gasteiger partial charge >= 0.3 is 6.03 Å². The van der Waals surface area contributed by atoms with Crippen LogP contribution in [0.4, 0.5) is 14.9 Å². The molecule has 1 aliphatic heterocycles. The van der Waals surface area contributed by atoms with Crippen LogP contribution in [-0.4, -0.2) is 78.7 Å². The summed E-state index contributed by atoms with van der Waals surface area (Å²) in [7, 11) is -0.0543. The van der Waals surface area contributed by atoms with E-state index in [2.05, 4.69) is 34.4 Å². The summed E-state index contributed by atoms with van der Waals surface area (Å²) in [5, 5.41) is 5.56. The van der Waals surface area contributed by atoms with Crippen LogP contribution in [0.15, 0.2) is 18.2 Å². The monoisotopic (exact) mass is 572 g/mol. The zero-order chi connectivity index (χ0) is 29.6. The molecule has 0 saturated carbocycles. The number of nitrogens with two attached hydrogens (primary N) is 1. The van der Waals surface area contributed by atoms with Gasteiger partial charge in [-0.3, -0.25) is 14.4 Å². The lowest BCUT2D eigenvalue weighted by Gasteiger charge is -2.21. The number of amides is 4. The predicted octanol–water partition coefficient (Wildman–Crippen LogP) is 2.99. The summed E-state index contributed by atoms with van der Waals surface area (Å²) < 4.78 is 14.3. The summed E-state index contributed by atoms with van der Waals surface area (Å²) >= 11 is 0. The minimum absolute atomic E-state index is 0.0543. The molecule has 12 heteroatoms. The number of carbonyl (C=O) groups is 4. The highest BCUT2D eigenvalue weighted by atomic mass is 31.1. The fourth-order valence-corrected chi connectivity index (χ4v) is 5.35. The first-order valence-electron chi connectivity index (χ1n) is 13.4. The molecule has 2 aromatic rings. The summed E-state index contributed by atoms with van der Waals surface area (Å²) in [6.45, 7) is 12.5. The van der Waals surface area contributed by atoms with Crippen molar-refractivity contribution in [3.63, 3.8) is 0 Å². The lowest BCUT2D eigenvalue weighted by molar-refractivity contribution is -0.114. The fraction of sp³-hybridized carbons (Fsp3) is 0.429. The van der Waals surface area contributed by atoms with E-state index in [1.165, 1.54) is 18.2 Å². The highest BCUT2D eigenvalue weighted by molar-refractivity contribution is 7.57. The van der Waals surface area contributed by atoms with Crippen LogP contribution in [0.25, 0.3) is 11.6 Å². The van der Waals surface area contributed by atoms with E-state index in [-0.39, 0.29) is 49.8 Å². The Hall–Kier alpha value is -3.40. The molecular weight excluding hydrogens is 534 g/mol. The van der Waals surface area contributed by atoms with Gasteiger partial charge in [-0.1, -0.05) is 22.4 Å². The largest absolute Gasteiger partial charge is 0.358 e. The van der Waals surface area contributed by atoms with Gasteiger partial charge in [0.1, 0.15) is 5.82 Å². The average molecular weight is 573 g/mol. The molecule has 1 aromatic heterocycles. The first-order valence-corrected chi connectivity index (χ1v) is 14.9. The molecule has 1 unspecified atom stereocenters. The van der Waals surface area contributed by atoms with Crippen molar-refractivity contribution in [3.05, 3.63) is 52.1 Å². The number of anilines is 1. The number of carbonyl (C=O) groups excluding carboxylic acids is 4. The normalized spacial score (nSPS) is 14.8. The predicted molar refractivity (Wildman–Crippen MR) is 157 cm³/mol. The number of hydrogen-bond acceptors (Lipinski definition) is 6. The summed E-state index contributed by atoms with van der Waals surface area (Å²) in [5.41, 5.74) is 8.15. The van der Waals surface area contributed by atoms with Gasteiger partial charge in [-0.05, 0) is 76.4 Å². The number of nitrogens with one attached hydrogen (secondary N) is 3. The third-order valence-corrected chi connectivity index (χ3v) is 7.88. The number of likely N-dealkylation sites (N-methyl/N-ethyl adjacent to an activating group) is 1. The molecule has 0 radical (unpaired) electrons. The van der Waals surface area contributed by atoms with Crippen LogP contribution in [0, 0.1) is 19.7 Å². The molecule has 2 atom stereocenters. The minimum atomic E-state index is -0.832. The number of nitrogens with zero attached hydrogens (tertiary/aromatic N) is 2. The third-order valence-electron chi connectivity index (χ3n) is 7.04. The number of hydrogen-bond donors (Lipinski definition) is 4. The first kappa shape index (κ1) is 31.1. The van der Waals surface area contributed by atoms with Crippen LogP contribution < -0.4 is 21.3 Å². The molecule has 0 spiro atoms. The van der Waals surface area contributed by atoms with Gasteiger partial charge in [0.05, 0.1) is 22.9 Å².